The fourth-order valence-electron chi connectivity index (χ4n) is 2.15. The summed E-state index contributed by atoms with van der Waals surface area (Å²) in [6, 6.07) is 10.2. The third kappa shape index (κ3) is 4.00. The van der Waals surface area contributed by atoms with Crippen LogP contribution < -0.4 is 14.8 Å². The van der Waals surface area contributed by atoms with Crippen LogP contribution in [0.2, 0.25) is 5.15 Å². The number of hydrogen-bond acceptors (Lipinski definition) is 6. The van der Waals surface area contributed by atoms with Crippen LogP contribution in [-0.4, -0.2) is 35.7 Å². The standard InChI is InChI=1S/C17H15ClN2O5/c1-10(16(21)20-11-5-4-8-19-15(11)18)24-17(22)14-9-23-12-6-2-3-7-13(12)25-14/h2-8,10,14H,9H2,1H3,(H,20,21)/t10-,14-/m1/s1. The van der Waals surface area contributed by atoms with Crippen molar-refractivity contribution in [2.24, 2.45) is 0 Å². The zero-order valence-electron chi connectivity index (χ0n) is 13.3. The monoisotopic (exact) mass is 362 g/mol. The summed E-state index contributed by atoms with van der Waals surface area (Å²) >= 11 is 5.88. The summed E-state index contributed by atoms with van der Waals surface area (Å²) < 4.78 is 16.2. The van der Waals surface area contributed by atoms with E-state index >= 15 is 0 Å². The van der Waals surface area contributed by atoms with Crippen molar-refractivity contribution in [2.75, 3.05) is 11.9 Å². The molecular weight excluding hydrogens is 348 g/mol. The first-order valence-corrected chi connectivity index (χ1v) is 7.93. The number of halogens is 1. The molecule has 1 amide bonds. The molecule has 1 aliphatic heterocycles. The molecule has 0 bridgehead atoms. The molecule has 130 valence electrons. The number of amides is 1. The number of nitrogens with one attached hydrogen (secondary N) is 1. The molecule has 0 aliphatic carbocycles. The number of carbonyl (C=O) groups excluding carboxylic acids is 2. The minimum atomic E-state index is -1.04. The normalized spacial score (nSPS) is 16.6. The Morgan fingerprint density at radius 1 is 1.28 bits per heavy atom. The average Bonchev–Trinajstić information content (AvgIpc) is 2.63. The Morgan fingerprint density at radius 3 is 2.80 bits per heavy atom. The summed E-state index contributed by atoms with van der Waals surface area (Å²) in [5.41, 5.74) is 0.336. The van der Waals surface area contributed by atoms with Crippen molar-refractivity contribution < 1.29 is 23.8 Å². The van der Waals surface area contributed by atoms with Gasteiger partial charge in [0.15, 0.2) is 22.8 Å². The molecular formula is C17H15ClN2O5. The highest BCUT2D eigenvalue weighted by molar-refractivity contribution is 6.32. The second-order valence-corrected chi connectivity index (χ2v) is 5.63. The minimum absolute atomic E-state index is 0.0125. The van der Waals surface area contributed by atoms with Gasteiger partial charge in [0.25, 0.3) is 5.91 Å². The van der Waals surface area contributed by atoms with E-state index in [0.717, 1.165) is 0 Å². The van der Waals surface area contributed by atoms with Crippen LogP contribution in [0.5, 0.6) is 11.5 Å². The fourth-order valence-corrected chi connectivity index (χ4v) is 2.32. The topological polar surface area (TPSA) is 86.8 Å². The van der Waals surface area contributed by atoms with Crippen LogP contribution in [-0.2, 0) is 14.3 Å². The zero-order valence-corrected chi connectivity index (χ0v) is 14.0. The van der Waals surface area contributed by atoms with Gasteiger partial charge in [0.2, 0.25) is 6.10 Å². The SMILES string of the molecule is C[C@@H](OC(=O)[C@H]1COc2ccccc2O1)C(=O)Nc1cccnc1Cl. The lowest BCUT2D eigenvalue weighted by atomic mass is 10.2. The number of fused-ring (bicyclic) bond motifs is 1. The van der Waals surface area contributed by atoms with Crippen LogP contribution in [0.3, 0.4) is 0 Å². The third-order valence-corrected chi connectivity index (χ3v) is 3.75. The van der Waals surface area contributed by atoms with E-state index in [9.17, 15) is 9.59 Å². The minimum Gasteiger partial charge on any atom is -0.485 e. The number of ether oxygens (including phenoxy) is 3. The number of nitrogens with zero attached hydrogens (tertiary/aromatic N) is 1. The highest BCUT2D eigenvalue weighted by Crippen LogP contribution is 2.31. The van der Waals surface area contributed by atoms with Crippen molar-refractivity contribution >= 4 is 29.2 Å². The number of pyridine rings is 1. The first kappa shape index (κ1) is 17.0. The Morgan fingerprint density at radius 2 is 2.04 bits per heavy atom. The van der Waals surface area contributed by atoms with Crippen LogP contribution in [0.1, 0.15) is 6.92 Å². The van der Waals surface area contributed by atoms with E-state index in [-0.39, 0.29) is 11.8 Å². The van der Waals surface area contributed by atoms with Crippen molar-refractivity contribution in [1.29, 1.82) is 0 Å². The van der Waals surface area contributed by atoms with E-state index in [2.05, 4.69) is 10.3 Å². The molecule has 2 atom stereocenters. The molecule has 1 N–H and O–H groups in total. The van der Waals surface area contributed by atoms with Crippen molar-refractivity contribution in [3.8, 4) is 11.5 Å². The summed E-state index contributed by atoms with van der Waals surface area (Å²) in [7, 11) is 0. The number of rotatable bonds is 4. The van der Waals surface area contributed by atoms with E-state index in [1.807, 2.05) is 0 Å². The summed E-state index contributed by atoms with van der Waals surface area (Å²) in [6.07, 6.45) is -0.476. The summed E-state index contributed by atoms with van der Waals surface area (Å²) in [5, 5.41) is 2.70. The molecule has 2 heterocycles. The first-order valence-electron chi connectivity index (χ1n) is 7.55. The van der Waals surface area contributed by atoms with Gasteiger partial charge in [-0.2, -0.15) is 0 Å². The number of hydrogen-bond donors (Lipinski definition) is 1. The maximum Gasteiger partial charge on any atom is 0.351 e. The highest BCUT2D eigenvalue weighted by atomic mass is 35.5. The van der Waals surface area contributed by atoms with Crippen molar-refractivity contribution in [2.45, 2.75) is 19.1 Å². The van der Waals surface area contributed by atoms with Crippen LogP contribution in [0, 0.1) is 0 Å². The number of esters is 1. The number of carbonyl (C=O) groups is 2. The molecule has 3 rings (SSSR count). The Kier molecular flexibility index (Phi) is 5.04. The van der Waals surface area contributed by atoms with Gasteiger partial charge in [0.05, 0.1) is 5.69 Å². The van der Waals surface area contributed by atoms with Gasteiger partial charge in [0, 0.05) is 6.20 Å². The predicted molar refractivity (Wildman–Crippen MR) is 89.8 cm³/mol. The molecule has 1 aromatic heterocycles. The van der Waals surface area contributed by atoms with Gasteiger partial charge in [-0.1, -0.05) is 23.7 Å². The third-order valence-electron chi connectivity index (χ3n) is 3.45. The average molecular weight is 363 g/mol. The van der Waals surface area contributed by atoms with Gasteiger partial charge in [-0.25, -0.2) is 9.78 Å². The maximum absolute atomic E-state index is 12.2. The number of aromatic nitrogens is 1. The first-order chi connectivity index (χ1) is 12.0. The molecule has 1 aliphatic rings. The van der Waals surface area contributed by atoms with E-state index in [1.54, 1.807) is 36.4 Å². The van der Waals surface area contributed by atoms with E-state index in [4.69, 9.17) is 25.8 Å². The summed E-state index contributed by atoms with van der Waals surface area (Å²) in [5.74, 6) is -0.201. The predicted octanol–water partition coefficient (Wildman–Crippen LogP) is 2.45. The summed E-state index contributed by atoms with van der Waals surface area (Å²) in [4.78, 5) is 28.2. The van der Waals surface area contributed by atoms with Crippen molar-refractivity contribution in [3.63, 3.8) is 0 Å². The lowest BCUT2D eigenvalue weighted by molar-refractivity contribution is -0.162. The quantitative estimate of drug-likeness (QED) is 0.664. The van der Waals surface area contributed by atoms with Crippen molar-refractivity contribution in [3.05, 3.63) is 47.7 Å². The Bertz CT molecular complexity index is 798. The van der Waals surface area contributed by atoms with E-state index in [0.29, 0.717) is 17.2 Å². The molecule has 0 saturated carbocycles. The van der Waals surface area contributed by atoms with Gasteiger partial charge < -0.3 is 19.5 Å². The number of anilines is 1. The molecule has 8 heteroatoms. The maximum atomic E-state index is 12.2. The second kappa shape index (κ2) is 7.40. The smallest absolute Gasteiger partial charge is 0.351 e. The number of para-hydroxylation sites is 2. The molecule has 2 aromatic rings. The van der Waals surface area contributed by atoms with Gasteiger partial charge in [-0.05, 0) is 31.2 Å². The van der Waals surface area contributed by atoms with E-state index in [1.165, 1.54) is 13.1 Å². The van der Waals surface area contributed by atoms with Gasteiger partial charge in [-0.3, -0.25) is 4.79 Å². The second-order valence-electron chi connectivity index (χ2n) is 5.27. The molecule has 0 fully saturated rings. The number of benzene rings is 1. The van der Waals surface area contributed by atoms with Crippen LogP contribution in [0.15, 0.2) is 42.6 Å². The Balaban J connectivity index is 1.57. The molecule has 7 nitrogen and oxygen atoms in total. The Hall–Kier alpha value is -2.80. The van der Waals surface area contributed by atoms with Crippen LogP contribution in [0.4, 0.5) is 5.69 Å². The van der Waals surface area contributed by atoms with Gasteiger partial charge in [-0.15, -0.1) is 0 Å². The molecule has 0 unspecified atom stereocenters. The van der Waals surface area contributed by atoms with Crippen molar-refractivity contribution in [1.82, 2.24) is 4.98 Å². The molecule has 0 radical (unpaired) electrons. The van der Waals surface area contributed by atoms with Crippen LogP contribution in [0.25, 0.3) is 0 Å². The highest BCUT2D eigenvalue weighted by Gasteiger charge is 2.31. The summed E-state index contributed by atoms with van der Waals surface area (Å²) in [6.45, 7) is 1.47. The molecule has 0 spiro atoms. The van der Waals surface area contributed by atoms with Gasteiger partial charge in [0.1, 0.15) is 6.61 Å². The zero-order chi connectivity index (χ0) is 17.8. The Labute approximate surface area is 148 Å². The lowest BCUT2D eigenvalue weighted by Crippen LogP contribution is -2.41. The molecule has 25 heavy (non-hydrogen) atoms. The fraction of sp³-hybridized carbons (Fsp3) is 0.235. The molecule has 1 aromatic carbocycles. The van der Waals surface area contributed by atoms with E-state index < -0.39 is 24.1 Å². The van der Waals surface area contributed by atoms with Crippen LogP contribution >= 0.6 is 11.6 Å². The molecule has 0 saturated heterocycles. The van der Waals surface area contributed by atoms with Gasteiger partial charge >= 0.3 is 5.97 Å². The largest absolute Gasteiger partial charge is 0.485 e. The lowest BCUT2D eigenvalue weighted by Gasteiger charge is -2.25.